The number of hydrogen-bond donors (Lipinski definition) is 3. The Morgan fingerprint density at radius 2 is 1.83 bits per heavy atom. The number of aliphatic hydroxyl groups excluding tert-OH is 1. The van der Waals surface area contributed by atoms with E-state index in [0.29, 0.717) is 5.56 Å². The molecule has 0 bridgehead atoms. The molecule has 130 valence electrons. The van der Waals surface area contributed by atoms with Gasteiger partial charge >= 0.3 is 0 Å². The number of aryl methyl sites for hydroxylation is 1. The van der Waals surface area contributed by atoms with Gasteiger partial charge in [-0.15, -0.1) is 0 Å². The van der Waals surface area contributed by atoms with Crippen molar-refractivity contribution in [1.82, 2.24) is 10.2 Å². The molecule has 2 unspecified atom stereocenters. The van der Waals surface area contributed by atoms with Crippen LogP contribution in [0.15, 0.2) is 12.1 Å². The summed E-state index contributed by atoms with van der Waals surface area (Å²) in [5.74, 6) is 0.330. The molecule has 1 aliphatic heterocycles. The number of benzene rings is 1. The number of nitrogens with zero attached hydrogens (tertiary/aromatic N) is 1. The van der Waals surface area contributed by atoms with Gasteiger partial charge in [-0.1, -0.05) is 39.3 Å². The van der Waals surface area contributed by atoms with Gasteiger partial charge in [0.1, 0.15) is 5.75 Å². The van der Waals surface area contributed by atoms with Gasteiger partial charge < -0.3 is 20.4 Å². The van der Waals surface area contributed by atoms with E-state index in [1.165, 1.54) is 0 Å². The van der Waals surface area contributed by atoms with Crippen LogP contribution in [0.3, 0.4) is 0 Å². The Morgan fingerprint density at radius 1 is 1.22 bits per heavy atom. The average molecular weight is 320 g/mol. The number of aliphatic hydroxyl groups is 1. The van der Waals surface area contributed by atoms with Gasteiger partial charge in [0.15, 0.2) is 0 Å². The van der Waals surface area contributed by atoms with Crippen LogP contribution in [-0.4, -0.2) is 47.8 Å². The second-order valence-electron chi connectivity index (χ2n) is 7.97. The molecule has 4 heteroatoms. The summed E-state index contributed by atoms with van der Waals surface area (Å²) in [6.07, 6.45) is -0.647. The van der Waals surface area contributed by atoms with Gasteiger partial charge in [-0.25, -0.2) is 0 Å². The molecular formula is C19H32N2O2. The summed E-state index contributed by atoms with van der Waals surface area (Å²) in [5.41, 5.74) is 2.50. The van der Waals surface area contributed by atoms with Gasteiger partial charge in [-0.2, -0.15) is 0 Å². The number of rotatable bonds is 4. The van der Waals surface area contributed by atoms with Gasteiger partial charge in [0, 0.05) is 38.3 Å². The summed E-state index contributed by atoms with van der Waals surface area (Å²) >= 11 is 0. The van der Waals surface area contributed by atoms with Gasteiger partial charge in [-0.3, -0.25) is 0 Å². The summed E-state index contributed by atoms with van der Waals surface area (Å²) in [5, 5.41) is 24.8. The second-order valence-corrected chi connectivity index (χ2v) is 7.97. The molecule has 1 saturated heterocycles. The third-order valence-electron chi connectivity index (χ3n) is 4.71. The fraction of sp³-hybridized carbons (Fsp3) is 0.684. The van der Waals surface area contributed by atoms with Crippen molar-refractivity contribution >= 4 is 0 Å². The van der Waals surface area contributed by atoms with Crippen molar-refractivity contribution in [3.05, 3.63) is 28.8 Å². The highest BCUT2D eigenvalue weighted by Crippen LogP contribution is 2.39. The third-order valence-corrected chi connectivity index (χ3v) is 4.71. The van der Waals surface area contributed by atoms with Crippen molar-refractivity contribution < 1.29 is 10.2 Å². The van der Waals surface area contributed by atoms with Crippen LogP contribution in [0, 0.1) is 12.8 Å². The molecule has 0 amide bonds. The first kappa shape index (κ1) is 18.2. The molecule has 4 nitrogen and oxygen atoms in total. The first-order valence-electron chi connectivity index (χ1n) is 8.65. The smallest absolute Gasteiger partial charge is 0.125 e. The Bertz CT molecular complexity index is 531. The molecule has 0 aliphatic carbocycles. The normalized spacial score (nSPS) is 19.6. The third kappa shape index (κ3) is 4.46. The van der Waals surface area contributed by atoms with Crippen LogP contribution in [0.4, 0.5) is 0 Å². The van der Waals surface area contributed by atoms with Crippen molar-refractivity contribution in [2.75, 3.05) is 32.7 Å². The number of piperazine rings is 1. The van der Waals surface area contributed by atoms with Crippen LogP contribution in [0.25, 0.3) is 0 Å². The Morgan fingerprint density at radius 3 is 2.39 bits per heavy atom. The second kappa shape index (κ2) is 7.20. The maximum atomic E-state index is 10.8. The lowest BCUT2D eigenvalue weighted by Gasteiger charge is -2.32. The molecule has 2 rings (SSSR count). The molecule has 1 aromatic rings. The van der Waals surface area contributed by atoms with E-state index in [4.69, 9.17) is 0 Å². The summed E-state index contributed by atoms with van der Waals surface area (Å²) in [6.45, 7) is 15.2. The zero-order valence-corrected chi connectivity index (χ0v) is 15.2. The summed E-state index contributed by atoms with van der Waals surface area (Å²) in [4.78, 5) is 2.38. The molecule has 0 radical (unpaired) electrons. The molecule has 3 N–H and O–H groups in total. The molecular weight excluding hydrogens is 288 g/mol. The first-order valence-corrected chi connectivity index (χ1v) is 8.65. The van der Waals surface area contributed by atoms with E-state index in [0.717, 1.165) is 43.9 Å². The molecule has 2 atom stereocenters. The van der Waals surface area contributed by atoms with Gasteiger partial charge in [0.2, 0.25) is 0 Å². The molecule has 1 heterocycles. The number of phenols is 1. The van der Waals surface area contributed by atoms with Crippen molar-refractivity contribution in [1.29, 1.82) is 0 Å². The molecule has 1 fully saturated rings. The Balaban J connectivity index is 2.20. The van der Waals surface area contributed by atoms with Crippen LogP contribution in [-0.2, 0) is 5.41 Å². The summed E-state index contributed by atoms with van der Waals surface area (Å²) in [7, 11) is 0. The minimum absolute atomic E-state index is 0.0774. The van der Waals surface area contributed by atoms with Crippen molar-refractivity contribution in [3.63, 3.8) is 0 Å². The lowest BCUT2D eigenvalue weighted by molar-refractivity contribution is 0.0820. The largest absolute Gasteiger partial charge is 0.507 e. The summed E-state index contributed by atoms with van der Waals surface area (Å²) in [6, 6.07) is 3.94. The van der Waals surface area contributed by atoms with Gasteiger partial charge in [0.05, 0.1) is 6.10 Å². The maximum absolute atomic E-state index is 10.8. The predicted molar refractivity (Wildman–Crippen MR) is 95.0 cm³/mol. The van der Waals surface area contributed by atoms with E-state index < -0.39 is 6.10 Å². The molecule has 0 saturated carbocycles. The molecule has 1 aromatic carbocycles. The number of nitrogens with one attached hydrogen (secondary N) is 1. The Hall–Kier alpha value is -1.10. The highest BCUT2D eigenvalue weighted by Gasteiger charge is 2.27. The number of phenolic OH excluding ortho intramolecular Hbond substituents is 1. The van der Waals surface area contributed by atoms with Crippen LogP contribution in [0.2, 0.25) is 0 Å². The van der Waals surface area contributed by atoms with Crippen molar-refractivity contribution in [3.8, 4) is 5.75 Å². The minimum atomic E-state index is -0.647. The van der Waals surface area contributed by atoms with Crippen LogP contribution in [0.1, 0.15) is 50.5 Å². The van der Waals surface area contributed by atoms with Crippen molar-refractivity contribution in [2.24, 2.45) is 5.92 Å². The van der Waals surface area contributed by atoms with Gasteiger partial charge in [0.25, 0.3) is 0 Å². The van der Waals surface area contributed by atoms with E-state index in [-0.39, 0.29) is 17.1 Å². The molecule has 1 aliphatic rings. The van der Waals surface area contributed by atoms with Crippen LogP contribution >= 0.6 is 0 Å². The molecule has 0 spiro atoms. The first-order chi connectivity index (χ1) is 10.7. The fourth-order valence-corrected chi connectivity index (χ4v) is 3.31. The quantitative estimate of drug-likeness (QED) is 0.798. The van der Waals surface area contributed by atoms with Crippen LogP contribution < -0.4 is 5.32 Å². The van der Waals surface area contributed by atoms with E-state index >= 15 is 0 Å². The molecule has 0 aromatic heterocycles. The Labute approximate surface area is 140 Å². The zero-order chi connectivity index (χ0) is 17.2. The van der Waals surface area contributed by atoms with Gasteiger partial charge in [-0.05, 0) is 29.9 Å². The minimum Gasteiger partial charge on any atom is -0.507 e. The van der Waals surface area contributed by atoms with Crippen LogP contribution in [0.5, 0.6) is 5.75 Å². The van der Waals surface area contributed by atoms with E-state index in [2.05, 4.69) is 37.9 Å². The fourth-order valence-electron chi connectivity index (χ4n) is 3.31. The number of aromatic hydroxyl groups is 1. The molecule has 23 heavy (non-hydrogen) atoms. The highest BCUT2D eigenvalue weighted by molar-refractivity contribution is 5.48. The van der Waals surface area contributed by atoms with E-state index in [9.17, 15) is 10.2 Å². The number of hydrogen-bond acceptors (Lipinski definition) is 4. The monoisotopic (exact) mass is 320 g/mol. The zero-order valence-electron chi connectivity index (χ0n) is 15.2. The topological polar surface area (TPSA) is 55.7 Å². The summed E-state index contributed by atoms with van der Waals surface area (Å²) < 4.78 is 0. The Kier molecular flexibility index (Phi) is 5.71. The average Bonchev–Trinajstić information content (AvgIpc) is 2.48. The SMILES string of the molecule is Cc1cc(C(O)C(C)CN2CCNCC2)c(O)c(C(C)(C)C)c1. The lowest BCUT2D eigenvalue weighted by Crippen LogP contribution is -2.45. The highest BCUT2D eigenvalue weighted by atomic mass is 16.3. The maximum Gasteiger partial charge on any atom is 0.125 e. The van der Waals surface area contributed by atoms with E-state index in [1.54, 1.807) is 0 Å². The standard InChI is InChI=1S/C19H32N2O2/c1-13-10-15(18(23)16(11-13)19(3,4)5)17(22)14(2)12-21-8-6-20-7-9-21/h10-11,14,17,20,22-23H,6-9,12H2,1-5H3. The van der Waals surface area contributed by atoms with E-state index in [1.807, 2.05) is 19.1 Å². The predicted octanol–water partition coefficient (Wildman–Crippen LogP) is 2.57. The lowest BCUT2D eigenvalue weighted by atomic mass is 9.82. The van der Waals surface area contributed by atoms with Crippen molar-refractivity contribution in [2.45, 2.75) is 46.1 Å².